The number of carboxylic acids is 1. The minimum Gasteiger partial charge on any atom is -0.481 e. The van der Waals surface area contributed by atoms with Gasteiger partial charge in [0, 0.05) is 18.6 Å². The third kappa shape index (κ3) is 7.92. The van der Waals surface area contributed by atoms with Crippen LogP contribution in [0.15, 0.2) is 30.3 Å². The lowest BCUT2D eigenvalue weighted by Gasteiger charge is -2.35. The van der Waals surface area contributed by atoms with Crippen LogP contribution in [0.25, 0.3) is 0 Å². The second kappa shape index (κ2) is 11.3. The number of nitrogens with one attached hydrogen (secondary N) is 2. The number of aliphatic carboxylic acids is 1. The molecule has 0 spiro atoms. The number of carbonyl (C=O) groups is 2. The molecular formula is C20H31N3O6S. The Morgan fingerprint density at radius 3 is 2.40 bits per heavy atom. The molecule has 3 N–H and O–H groups in total. The standard InChI is InChI=1S/C20H31N3O6S/c1-15(2)23-10-8-17(9-11-23)22-30(27,28)18(12-19(24)25)13-21-20(26)29-14-16-6-4-3-5-7-16/h3-7,15,17-18,22H,8-14H2,1-2H3,(H,21,26)(H,24,25). The summed E-state index contributed by atoms with van der Waals surface area (Å²) in [5.41, 5.74) is 0.789. The van der Waals surface area contributed by atoms with Crippen LogP contribution in [-0.4, -0.2) is 67.5 Å². The highest BCUT2D eigenvalue weighted by molar-refractivity contribution is 7.90. The maximum absolute atomic E-state index is 12.8. The molecule has 1 aromatic rings. The van der Waals surface area contributed by atoms with Gasteiger partial charge in [-0.05, 0) is 45.3 Å². The van der Waals surface area contributed by atoms with E-state index in [1.807, 2.05) is 18.2 Å². The number of rotatable bonds is 10. The number of amides is 1. The fraction of sp³-hybridized carbons (Fsp3) is 0.600. The average molecular weight is 442 g/mol. The molecule has 2 rings (SSSR count). The highest BCUT2D eigenvalue weighted by atomic mass is 32.2. The van der Waals surface area contributed by atoms with Crippen molar-refractivity contribution in [2.75, 3.05) is 19.6 Å². The van der Waals surface area contributed by atoms with Crippen molar-refractivity contribution in [3.05, 3.63) is 35.9 Å². The number of carboxylic acid groups (broad SMARTS) is 1. The molecule has 1 atom stereocenters. The number of benzene rings is 1. The number of ether oxygens (including phenoxy) is 1. The summed E-state index contributed by atoms with van der Waals surface area (Å²) in [5, 5.41) is 10.2. The molecule has 0 saturated carbocycles. The summed E-state index contributed by atoms with van der Waals surface area (Å²) >= 11 is 0. The predicted molar refractivity (Wildman–Crippen MR) is 112 cm³/mol. The van der Waals surface area contributed by atoms with Crippen LogP contribution in [0, 0.1) is 0 Å². The molecule has 1 unspecified atom stereocenters. The van der Waals surface area contributed by atoms with Gasteiger partial charge in [0.05, 0.1) is 6.42 Å². The molecule has 10 heteroatoms. The van der Waals surface area contributed by atoms with Crippen molar-refractivity contribution in [3.8, 4) is 0 Å². The molecule has 1 heterocycles. The van der Waals surface area contributed by atoms with Gasteiger partial charge < -0.3 is 20.1 Å². The van der Waals surface area contributed by atoms with Gasteiger partial charge in [-0.25, -0.2) is 17.9 Å². The fourth-order valence-electron chi connectivity index (χ4n) is 3.32. The van der Waals surface area contributed by atoms with Crippen molar-refractivity contribution in [1.82, 2.24) is 14.9 Å². The Bertz CT molecular complexity index is 792. The van der Waals surface area contributed by atoms with E-state index in [1.165, 1.54) is 0 Å². The molecule has 30 heavy (non-hydrogen) atoms. The largest absolute Gasteiger partial charge is 0.481 e. The molecule has 1 aliphatic heterocycles. The minimum atomic E-state index is -3.94. The third-order valence-corrected chi connectivity index (χ3v) is 6.99. The Kier molecular flexibility index (Phi) is 9.07. The molecule has 168 valence electrons. The Hall–Kier alpha value is -2.17. The van der Waals surface area contributed by atoms with E-state index >= 15 is 0 Å². The number of sulfonamides is 1. The van der Waals surface area contributed by atoms with Crippen molar-refractivity contribution in [2.24, 2.45) is 0 Å². The summed E-state index contributed by atoms with van der Waals surface area (Å²) in [6.45, 7) is 5.43. The normalized spacial score (nSPS) is 16.9. The topological polar surface area (TPSA) is 125 Å². The summed E-state index contributed by atoms with van der Waals surface area (Å²) in [7, 11) is -3.94. The highest BCUT2D eigenvalue weighted by Crippen LogP contribution is 2.15. The first-order chi connectivity index (χ1) is 14.2. The van der Waals surface area contributed by atoms with E-state index < -0.39 is 33.8 Å². The molecule has 1 amide bonds. The monoisotopic (exact) mass is 441 g/mol. The van der Waals surface area contributed by atoms with Crippen LogP contribution < -0.4 is 10.0 Å². The number of hydrogen-bond acceptors (Lipinski definition) is 6. The summed E-state index contributed by atoms with van der Waals surface area (Å²) in [4.78, 5) is 25.4. The highest BCUT2D eigenvalue weighted by Gasteiger charge is 2.32. The molecule has 1 fully saturated rings. The Balaban J connectivity index is 1.88. The van der Waals surface area contributed by atoms with Crippen LogP contribution in [0.3, 0.4) is 0 Å². The van der Waals surface area contributed by atoms with E-state index in [1.54, 1.807) is 12.1 Å². The summed E-state index contributed by atoms with van der Waals surface area (Å²) in [6.07, 6.45) is -0.0956. The Morgan fingerprint density at radius 2 is 1.83 bits per heavy atom. The number of nitrogens with zero attached hydrogens (tertiary/aromatic N) is 1. The van der Waals surface area contributed by atoms with E-state index in [0.29, 0.717) is 18.9 Å². The van der Waals surface area contributed by atoms with Crippen LogP contribution >= 0.6 is 0 Å². The SMILES string of the molecule is CC(C)N1CCC(NS(=O)(=O)C(CNC(=O)OCc2ccccc2)CC(=O)O)CC1. The smallest absolute Gasteiger partial charge is 0.407 e. The van der Waals surface area contributed by atoms with Gasteiger partial charge in [-0.15, -0.1) is 0 Å². The maximum atomic E-state index is 12.8. The predicted octanol–water partition coefficient (Wildman–Crippen LogP) is 1.55. The van der Waals surface area contributed by atoms with Gasteiger partial charge in [-0.3, -0.25) is 4.79 Å². The van der Waals surface area contributed by atoms with E-state index in [-0.39, 0.29) is 19.2 Å². The molecule has 9 nitrogen and oxygen atoms in total. The van der Waals surface area contributed by atoms with Crippen LogP contribution in [-0.2, 0) is 26.2 Å². The fourth-order valence-corrected chi connectivity index (χ4v) is 4.88. The molecule has 0 aliphatic carbocycles. The number of carbonyl (C=O) groups excluding carboxylic acids is 1. The van der Waals surface area contributed by atoms with E-state index in [4.69, 9.17) is 9.84 Å². The number of hydrogen-bond donors (Lipinski definition) is 3. The zero-order chi connectivity index (χ0) is 22.1. The lowest BCUT2D eigenvalue weighted by molar-refractivity contribution is -0.137. The molecule has 0 radical (unpaired) electrons. The van der Waals surface area contributed by atoms with Gasteiger partial charge in [0.1, 0.15) is 11.9 Å². The molecule has 1 aliphatic rings. The molecular weight excluding hydrogens is 410 g/mol. The first kappa shape index (κ1) is 24.1. The lowest BCUT2D eigenvalue weighted by atomic mass is 10.1. The molecule has 0 aromatic heterocycles. The van der Waals surface area contributed by atoms with Crippen LogP contribution in [0.2, 0.25) is 0 Å². The van der Waals surface area contributed by atoms with Gasteiger partial charge in [0.15, 0.2) is 0 Å². The zero-order valence-corrected chi connectivity index (χ0v) is 18.2. The van der Waals surface area contributed by atoms with Gasteiger partial charge in [0.25, 0.3) is 0 Å². The van der Waals surface area contributed by atoms with Crippen molar-refractivity contribution in [3.63, 3.8) is 0 Å². The van der Waals surface area contributed by atoms with Crippen molar-refractivity contribution in [2.45, 2.75) is 57.1 Å². The lowest BCUT2D eigenvalue weighted by Crippen LogP contribution is -2.50. The summed E-state index contributed by atoms with van der Waals surface area (Å²) in [6, 6.07) is 9.19. The minimum absolute atomic E-state index is 0.0374. The maximum Gasteiger partial charge on any atom is 0.407 e. The first-order valence-corrected chi connectivity index (χ1v) is 11.6. The number of piperidine rings is 1. The van der Waals surface area contributed by atoms with Gasteiger partial charge in [-0.2, -0.15) is 0 Å². The van der Waals surface area contributed by atoms with Crippen molar-refractivity contribution in [1.29, 1.82) is 0 Å². The molecule has 0 bridgehead atoms. The molecule has 1 saturated heterocycles. The Morgan fingerprint density at radius 1 is 1.20 bits per heavy atom. The number of alkyl carbamates (subject to hydrolysis) is 1. The van der Waals surface area contributed by atoms with Gasteiger partial charge >= 0.3 is 12.1 Å². The van der Waals surface area contributed by atoms with Gasteiger partial charge in [-0.1, -0.05) is 30.3 Å². The Labute approximate surface area is 177 Å². The van der Waals surface area contributed by atoms with Crippen LogP contribution in [0.5, 0.6) is 0 Å². The van der Waals surface area contributed by atoms with Gasteiger partial charge in [0.2, 0.25) is 10.0 Å². The van der Waals surface area contributed by atoms with Crippen LogP contribution in [0.1, 0.15) is 38.7 Å². The summed E-state index contributed by atoms with van der Waals surface area (Å²) in [5.74, 6) is -1.25. The van der Waals surface area contributed by atoms with Crippen molar-refractivity contribution >= 4 is 22.1 Å². The molecule has 1 aromatic carbocycles. The van der Waals surface area contributed by atoms with Crippen LogP contribution in [0.4, 0.5) is 4.79 Å². The van der Waals surface area contributed by atoms with E-state index in [2.05, 4.69) is 28.8 Å². The number of likely N-dealkylation sites (tertiary alicyclic amines) is 1. The summed E-state index contributed by atoms with van der Waals surface area (Å²) < 4.78 is 33.2. The first-order valence-electron chi connectivity index (χ1n) is 10.1. The second-order valence-electron chi connectivity index (χ2n) is 7.73. The second-order valence-corrected chi connectivity index (χ2v) is 9.72. The van der Waals surface area contributed by atoms with Crippen molar-refractivity contribution < 1.29 is 27.9 Å². The average Bonchev–Trinajstić information content (AvgIpc) is 2.70. The third-order valence-electron chi connectivity index (χ3n) is 5.12. The zero-order valence-electron chi connectivity index (χ0n) is 17.4. The quantitative estimate of drug-likeness (QED) is 0.503. The van der Waals surface area contributed by atoms with E-state index in [0.717, 1.165) is 18.7 Å². The van der Waals surface area contributed by atoms with E-state index in [9.17, 15) is 18.0 Å².